The molecule has 2 aromatic rings. The lowest BCUT2D eigenvalue weighted by molar-refractivity contribution is -0.121. The summed E-state index contributed by atoms with van der Waals surface area (Å²) in [7, 11) is 0. The summed E-state index contributed by atoms with van der Waals surface area (Å²) in [5.74, 6) is 0.455. The highest BCUT2D eigenvalue weighted by atomic mass is 16.3. The number of amides is 1. The van der Waals surface area contributed by atoms with Crippen LogP contribution in [0.5, 0.6) is 0 Å². The van der Waals surface area contributed by atoms with Gasteiger partial charge in [0.15, 0.2) is 11.5 Å². The number of hydrogen-bond donors (Lipinski definition) is 3. The van der Waals surface area contributed by atoms with Crippen molar-refractivity contribution in [3.63, 3.8) is 0 Å². The molecule has 0 aliphatic carbocycles. The summed E-state index contributed by atoms with van der Waals surface area (Å²) in [5, 5.41) is 38.9. The van der Waals surface area contributed by atoms with Crippen molar-refractivity contribution < 1.29 is 15.0 Å². The van der Waals surface area contributed by atoms with Gasteiger partial charge in [-0.3, -0.25) is 4.79 Å². The topological polar surface area (TPSA) is 122 Å². The van der Waals surface area contributed by atoms with Gasteiger partial charge in [0.05, 0.1) is 18.6 Å². The van der Waals surface area contributed by atoms with Crippen LogP contribution in [-0.4, -0.2) is 58.2 Å². The lowest BCUT2D eigenvalue weighted by Crippen LogP contribution is -2.43. The molecular weight excluding hydrogens is 358 g/mol. The number of nitriles is 1. The van der Waals surface area contributed by atoms with Gasteiger partial charge < -0.3 is 20.4 Å². The third-order valence-electron chi connectivity index (χ3n) is 4.91. The number of β-amino-alcohol motifs (C(OH)–C–C–N with tert-alkyl or cyclic N) is 1. The van der Waals surface area contributed by atoms with Crippen LogP contribution in [-0.2, 0) is 11.2 Å². The maximum Gasteiger partial charge on any atom is 0.224 e. The van der Waals surface area contributed by atoms with Crippen LogP contribution in [0.15, 0.2) is 36.4 Å². The first-order valence-electron chi connectivity index (χ1n) is 9.16. The van der Waals surface area contributed by atoms with Gasteiger partial charge in [0.2, 0.25) is 5.91 Å². The van der Waals surface area contributed by atoms with E-state index < -0.39 is 12.1 Å². The van der Waals surface area contributed by atoms with E-state index in [-0.39, 0.29) is 30.5 Å². The summed E-state index contributed by atoms with van der Waals surface area (Å²) in [6, 6.07) is 12.4. The summed E-state index contributed by atoms with van der Waals surface area (Å²) in [5.41, 5.74) is 2.12. The molecule has 2 heterocycles. The molecule has 1 fully saturated rings. The maximum absolute atomic E-state index is 12.4. The van der Waals surface area contributed by atoms with Crippen molar-refractivity contribution in [1.82, 2.24) is 15.5 Å². The minimum Gasteiger partial charge on any atom is -0.396 e. The van der Waals surface area contributed by atoms with Crippen molar-refractivity contribution in [3.8, 4) is 6.07 Å². The van der Waals surface area contributed by atoms with Gasteiger partial charge in [0.1, 0.15) is 6.07 Å². The first-order chi connectivity index (χ1) is 13.5. The van der Waals surface area contributed by atoms with Gasteiger partial charge in [0.25, 0.3) is 0 Å². The first kappa shape index (κ1) is 19.7. The fourth-order valence-corrected chi connectivity index (χ4v) is 3.18. The van der Waals surface area contributed by atoms with E-state index in [1.54, 1.807) is 12.1 Å². The number of benzene rings is 1. The first-order valence-corrected chi connectivity index (χ1v) is 9.16. The second-order valence-electron chi connectivity index (χ2n) is 7.04. The third-order valence-corrected chi connectivity index (χ3v) is 4.91. The molecule has 1 aliphatic rings. The number of aliphatic hydroxyl groups excluding tert-OH is 2. The Kier molecular flexibility index (Phi) is 6.19. The summed E-state index contributed by atoms with van der Waals surface area (Å²) in [6.07, 6.45) is -0.498. The molecule has 0 bridgehead atoms. The predicted molar refractivity (Wildman–Crippen MR) is 103 cm³/mol. The summed E-state index contributed by atoms with van der Waals surface area (Å²) >= 11 is 0. The van der Waals surface area contributed by atoms with Crippen LogP contribution in [0.4, 0.5) is 5.82 Å². The van der Waals surface area contributed by atoms with Crippen LogP contribution in [0.1, 0.15) is 29.7 Å². The number of aromatic nitrogens is 2. The standard InChI is InChI=1S/C20H23N5O3/c1-13(12-26)15-4-2-14(3-5-15)8-20(28)22-17-10-25(11-18(17)27)19-7-6-16(9-21)23-24-19/h2-7,13,17-18,26-27H,8,10-12H2,1H3,(H,22,28)/t13?,17-,18+/m1/s1. The van der Waals surface area contributed by atoms with E-state index >= 15 is 0 Å². The average molecular weight is 381 g/mol. The highest BCUT2D eigenvalue weighted by Crippen LogP contribution is 2.19. The molecule has 0 radical (unpaired) electrons. The maximum atomic E-state index is 12.4. The number of hydrogen-bond acceptors (Lipinski definition) is 7. The van der Waals surface area contributed by atoms with Crippen molar-refractivity contribution in [3.05, 3.63) is 53.2 Å². The molecule has 3 N–H and O–H groups in total. The Morgan fingerprint density at radius 1 is 1.29 bits per heavy atom. The summed E-state index contributed by atoms with van der Waals surface area (Å²) < 4.78 is 0. The Hall–Kier alpha value is -3.02. The molecule has 1 amide bonds. The van der Waals surface area contributed by atoms with Gasteiger partial charge in [-0.1, -0.05) is 31.2 Å². The van der Waals surface area contributed by atoms with Crippen molar-refractivity contribution in [1.29, 1.82) is 5.26 Å². The molecule has 1 aromatic heterocycles. The van der Waals surface area contributed by atoms with E-state index in [9.17, 15) is 15.0 Å². The van der Waals surface area contributed by atoms with Crippen molar-refractivity contribution >= 4 is 11.7 Å². The van der Waals surface area contributed by atoms with Gasteiger partial charge in [-0.05, 0) is 23.3 Å². The fraction of sp³-hybridized carbons (Fsp3) is 0.400. The van der Waals surface area contributed by atoms with Crippen LogP contribution in [0.2, 0.25) is 0 Å². The number of aliphatic hydroxyl groups is 2. The number of nitrogens with one attached hydrogen (secondary N) is 1. The Balaban J connectivity index is 1.55. The molecule has 8 nitrogen and oxygen atoms in total. The van der Waals surface area contributed by atoms with Gasteiger partial charge in [-0.15, -0.1) is 10.2 Å². The van der Waals surface area contributed by atoms with Crippen molar-refractivity contribution in [2.75, 3.05) is 24.6 Å². The van der Waals surface area contributed by atoms with Crippen LogP contribution in [0.3, 0.4) is 0 Å². The van der Waals surface area contributed by atoms with E-state index in [0.29, 0.717) is 18.9 Å². The van der Waals surface area contributed by atoms with E-state index in [4.69, 9.17) is 5.26 Å². The largest absolute Gasteiger partial charge is 0.396 e. The van der Waals surface area contributed by atoms with E-state index in [0.717, 1.165) is 11.1 Å². The molecule has 28 heavy (non-hydrogen) atoms. The van der Waals surface area contributed by atoms with Gasteiger partial charge in [0, 0.05) is 25.6 Å². The zero-order chi connectivity index (χ0) is 20.1. The van der Waals surface area contributed by atoms with Crippen LogP contribution in [0.25, 0.3) is 0 Å². The highest BCUT2D eigenvalue weighted by Gasteiger charge is 2.33. The monoisotopic (exact) mass is 381 g/mol. The average Bonchev–Trinajstić information content (AvgIpc) is 3.08. The van der Waals surface area contributed by atoms with Gasteiger partial charge in [-0.25, -0.2) is 0 Å². The van der Waals surface area contributed by atoms with E-state index in [1.807, 2.05) is 42.2 Å². The van der Waals surface area contributed by atoms with Gasteiger partial charge in [-0.2, -0.15) is 5.26 Å². The number of nitrogens with zero attached hydrogens (tertiary/aromatic N) is 4. The second kappa shape index (κ2) is 8.78. The van der Waals surface area contributed by atoms with E-state index in [1.165, 1.54) is 0 Å². The van der Waals surface area contributed by atoms with E-state index in [2.05, 4.69) is 15.5 Å². The quantitative estimate of drug-likeness (QED) is 0.660. The Morgan fingerprint density at radius 2 is 2.04 bits per heavy atom. The van der Waals surface area contributed by atoms with Crippen LogP contribution >= 0.6 is 0 Å². The SMILES string of the molecule is CC(CO)c1ccc(CC(=O)N[C@@H]2CN(c3ccc(C#N)nn3)C[C@@H]2O)cc1. The lowest BCUT2D eigenvalue weighted by Gasteiger charge is -2.17. The molecule has 8 heteroatoms. The predicted octanol–water partition coefficient (Wildman–Crippen LogP) is 0.352. The Labute approximate surface area is 163 Å². The lowest BCUT2D eigenvalue weighted by atomic mass is 10.00. The summed E-state index contributed by atoms with van der Waals surface area (Å²) in [4.78, 5) is 14.2. The molecule has 1 aliphatic heterocycles. The van der Waals surface area contributed by atoms with Crippen LogP contribution < -0.4 is 10.2 Å². The number of anilines is 1. The Morgan fingerprint density at radius 3 is 2.64 bits per heavy atom. The molecule has 0 spiro atoms. The zero-order valence-corrected chi connectivity index (χ0v) is 15.6. The van der Waals surface area contributed by atoms with Gasteiger partial charge >= 0.3 is 0 Å². The molecule has 3 rings (SSSR count). The summed E-state index contributed by atoms with van der Waals surface area (Å²) in [6.45, 7) is 2.77. The number of rotatable bonds is 6. The second-order valence-corrected chi connectivity index (χ2v) is 7.04. The molecule has 3 atom stereocenters. The number of carbonyl (C=O) groups is 1. The molecular formula is C20H23N5O3. The normalized spacial score (nSPS) is 19.9. The molecule has 1 unspecified atom stereocenters. The molecule has 0 saturated carbocycles. The molecule has 1 saturated heterocycles. The van der Waals surface area contributed by atoms with Crippen molar-refractivity contribution in [2.45, 2.75) is 31.4 Å². The minimum absolute atomic E-state index is 0.0628. The Bertz CT molecular complexity index is 848. The third kappa shape index (κ3) is 4.63. The van der Waals surface area contributed by atoms with Crippen molar-refractivity contribution in [2.24, 2.45) is 0 Å². The highest BCUT2D eigenvalue weighted by molar-refractivity contribution is 5.79. The minimum atomic E-state index is -0.714. The number of carbonyl (C=O) groups excluding carboxylic acids is 1. The zero-order valence-electron chi connectivity index (χ0n) is 15.6. The smallest absolute Gasteiger partial charge is 0.224 e. The molecule has 1 aromatic carbocycles. The fourth-order valence-electron chi connectivity index (χ4n) is 3.18. The molecule has 146 valence electrons. The van der Waals surface area contributed by atoms with Crippen LogP contribution in [0, 0.1) is 11.3 Å².